The summed E-state index contributed by atoms with van der Waals surface area (Å²) in [6, 6.07) is -0.243. The predicted octanol–water partition coefficient (Wildman–Crippen LogP) is 0.555. The number of carbonyl (C=O) groups is 2. The van der Waals surface area contributed by atoms with Crippen molar-refractivity contribution >= 4 is 12.0 Å². The zero-order valence-electron chi connectivity index (χ0n) is 11.9. The zero-order chi connectivity index (χ0) is 14.2. The van der Waals surface area contributed by atoms with Gasteiger partial charge in [0.25, 0.3) is 0 Å². The highest BCUT2D eigenvalue weighted by Crippen LogP contribution is 2.25. The Hall–Kier alpha value is -1.30. The van der Waals surface area contributed by atoms with E-state index in [-0.39, 0.29) is 0 Å². The van der Waals surface area contributed by atoms with Crippen molar-refractivity contribution in [1.82, 2.24) is 9.80 Å². The molecule has 2 fully saturated rings. The van der Waals surface area contributed by atoms with Gasteiger partial charge in [0.15, 0.2) is 0 Å². The smallest absolute Gasteiger partial charge is 0.411 e. The van der Waals surface area contributed by atoms with Crippen LogP contribution < -0.4 is 5.73 Å². The number of piperazine rings is 1. The molecule has 2 heterocycles. The van der Waals surface area contributed by atoms with Gasteiger partial charge >= 0.3 is 6.09 Å². The van der Waals surface area contributed by atoms with Gasteiger partial charge in [-0.25, -0.2) is 4.79 Å². The number of nitrogens with two attached hydrogens (primary N) is 1. The quantitative estimate of drug-likeness (QED) is 0.754. The van der Waals surface area contributed by atoms with Gasteiger partial charge in [-0.05, 0) is 40.2 Å². The van der Waals surface area contributed by atoms with E-state index in [1.165, 1.54) is 4.90 Å². The van der Waals surface area contributed by atoms with Crippen LogP contribution in [0.4, 0.5) is 4.79 Å². The van der Waals surface area contributed by atoms with E-state index >= 15 is 0 Å². The maximum absolute atomic E-state index is 12.2. The van der Waals surface area contributed by atoms with Gasteiger partial charge in [0, 0.05) is 19.1 Å². The molecule has 0 aliphatic carbocycles. The molecule has 2 rings (SSSR count). The number of hydrogen-bond donors (Lipinski definition) is 1. The summed E-state index contributed by atoms with van der Waals surface area (Å²) in [6.07, 6.45) is 1.73. The first-order valence-electron chi connectivity index (χ1n) is 6.81. The molecule has 0 spiro atoms. The number of amides is 2. The Morgan fingerprint density at radius 3 is 2.53 bits per heavy atom. The number of primary amides is 1. The molecule has 0 bridgehead atoms. The van der Waals surface area contributed by atoms with E-state index in [4.69, 9.17) is 10.5 Å². The van der Waals surface area contributed by atoms with Gasteiger partial charge in [0.05, 0.1) is 0 Å². The average Bonchev–Trinajstić information content (AvgIpc) is 2.71. The van der Waals surface area contributed by atoms with Crippen LogP contribution in [0.3, 0.4) is 0 Å². The molecule has 2 N–H and O–H groups in total. The zero-order valence-corrected chi connectivity index (χ0v) is 11.9. The van der Waals surface area contributed by atoms with E-state index in [0.717, 1.165) is 19.4 Å². The second-order valence-corrected chi connectivity index (χ2v) is 6.34. The van der Waals surface area contributed by atoms with Crippen molar-refractivity contribution in [3.8, 4) is 0 Å². The molecule has 0 saturated carbocycles. The molecule has 6 nitrogen and oxygen atoms in total. The predicted molar refractivity (Wildman–Crippen MR) is 70.5 cm³/mol. The topological polar surface area (TPSA) is 75.9 Å². The van der Waals surface area contributed by atoms with Crippen LogP contribution in [0.25, 0.3) is 0 Å². The standard InChI is InChI=1S/C13H23N3O3/c1-13(2,3)19-12(18)16-7-9-5-4-6-15(9)8-10(16)11(14)17/h9-10H,4-8H2,1-3H3,(H2,14,17)/t9-,10+/m1/s1. The van der Waals surface area contributed by atoms with Gasteiger partial charge in [-0.2, -0.15) is 0 Å². The summed E-state index contributed by atoms with van der Waals surface area (Å²) >= 11 is 0. The molecule has 2 atom stereocenters. The van der Waals surface area contributed by atoms with Gasteiger partial charge in [-0.15, -0.1) is 0 Å². The van der Waals surface area contributed by atoms with Crippen LogP contribution in [0.1, 0.15) is 33.6 Å². The van der Waals surface area contributed by atoms with Gasteiger partial charge in [0.1, 0.15) is 11.6 Å². The van der Waals surface area contributed by atoms with Crippen LogP contribution in [0, 0.1) is 0 Å². The molecule has 2 saturated heterocycles. The molecule has 19 heavy (non-hydrogen) atoms. The number of nitrogens with zero attached hydrogens (tertiary/aromatic N) is 2. The molecule has 0 aromatic heterocycles. The number of hydrogen-bond acceptors (Lipinski definition) is 4. The minimum Gasteiger partial charge on any atom is -0.444 e. The van der Waals surface area contributed by atoms with Gasteiger partial charge in [-0.1, -0.05) is 0 Å². The average molecular weight is 269 g/mol. The van der Waals surface area contributed by atoms with Crippen LogP contribution in [0.2, 0.25) is 0 Å². The molecule has 2 aliphatic rings. The van der Waals surface area contributed by atoms with Crippen LogP contribution in [-0.2, 0) is 9.53 Å². The van der Waals surface area contributed by atoms with E-state index in [2.05, 4.69) is 4.90 Å². The van der Waals surface area contributed by atoms with Crippen molar-refractivity contribution in [2.24, 2.45) is 5.73 Å². The Morgan fingerprint density at radius 2 is 1.95 bits per heavy atom. The highest BCUT2D eigenvalue weighted by Gasteiger charge is 2.42. The number of fused-ring (bicyclic) bond motifs is 1. The molecule has 2 aliphatic heterocycles. The molecule has 0 unspecified atom stereocenters. The van der Waals surface area contributed by atoms with Crippen LogP contribution in [-0.4, -0.2) is 59.1 Å². The fourth-order valence-electron chi connectivity index (χ4n) is 2.78. The van der Waals surface area contributed by atoms with Crippen molar-refractivity contribution in [2.45, 2.75) is 51.3 Å². The largest absolute Gasteiger partial charge is 0.444 e. The number of ether oxygens (including phenoxy) is 1. The maximum atomic E-state index is 12.2. The molecule has 108 valence electrons. The summed E-state index contributed by atoms with van der Waals surface area (Å²) < 4.78 is 5.37. The Kier molecular flexibility index (Phi) is 3.71. The van der Waals surface area contributed by atoms with Gasteiger partial charge < -0.3 is 10.5 Å². The van der Waals surface area contributed by atoms with Crippen molar-refractivity contribution in [1.29, 1.82) is 0 Å². The third-order valence-corrected chi connectivity index (χ3v) is 3.65. The minimum atomic E-state index is -0.579. The lowest BCUT2D eigenvalue weighted by Crippen LogP contribution is -2.62. The normalized spacial score (nSPS) is 28.1. The summed E-state index contributed by atoms with van der Waals surface area (Å²) in [5.41, 5.74) is 4.86. The van der Waals surface area contributed by atoms with Crippen LogP contribution >= 0.6 is 0 Å². The van der Waals surface area contributed by atoms with Crippen molar-refractivity contribution in [3.05, 3.63) is 0 Å². The van der Waals surface area contributed by atoms with Crippen LogP contribution in [0.15, 0.2) is 0 Å². The highest BCUT2D eigenvalue weighted by atomic mass is 16.6. The van der Waals surface area contributed by atoms with E-state index in [0.29, 0.717) is 19.1 Å². The monoisotopic (exact) mass is 269 g/mol. The minimum absolute atomic E-state index is 0.336. The van der Waals surface area contributed by atoms with E-state index < -0.39 is 23.6 Å². The summed E-state index contributed by atoms with van der Waals surface area (Å²) in [7, 11) is 0. The molecule has 2 amide bonds. The van der Waals surface area contributed by atoms with Crippen molar-refractivity contribution in [3.63, 3.8) is 0 Å². The lowest BCUT2D eigenvalue weighted by Gasteiger charge is -2.42. The third-order valence-electron chi connectivity index (χ3n) is 3.65. The maximum Gasteiger partial charge on any atom is 0.411 e. The first kappa shape index (κ1) is 14.1. The summed E-state index contributed by atoms with van der Waals surface area (Å²) in [5, 5.41) is 0. The number of rotatable bonds is 1. The SMILES string of the molecule is CC(C)(C)OC(=O)N1C[C@H]2CCCN2C[C@H]1C(N)=O. The Labute approximate surface area is 113 Å². The number of carbonyl (C=O) groups excluding carboxylic acids is 2. The van der Waals surface area contributed by atoms with Gasteiger partial charge in [-0.3, -0.25) is 14.6 Å². The molecular weight excluding hydrogens is 246 g/mol. The van der Waals surface area contributed by atoms with Crippen molar-refractivity contribution in [2.75, 3.05) is 19.6 Å². The third kappa shape index (κ3) is 3.18. The molecule has 6 heteroatoms. The van der Waals surface area contributed by atoms with Gasteiger partial charge in [0.2, 0.25) is 5.91 Å². The Bertz CT molecular complexity index is 378. The summed E-state index contributed by atoms with van der Waals surface area (Å²) in [6.45, 7) is 7.49. The second-order valence-electron chi connectivity index (χ2n) is 6.34. The fourth-order valence-corrected chi connectivity index (χ4v) is 2.78. The Morgan fingerprint density at radius 1 is 1.26 bits per heavy atom. The Balaban J connectivity index is 2.11. The fraction of sp³-hybridized carbons (Fsp3) is 0.846. The second kappa shape index (κ2) is 5.00. The highest BCUT2D eigenvalue weighted by molar-refractivity contribution is 5.85. The lowest BCUT2D eigenvalue weighted by atomic mass is 10.1. The summed E-state index contributed by atoms with van der Waals surface area (Å²) in [5.74, 6) is -0.462. The summed E-state index contributed by atoms with van der Waals surface area (Å²) in [4.78, 5) is 27.5. The van der Waals surface area contributed by atoms with Crippen molar-refractivity contribution < 1.29 is 14.3 Å². The molecule has 0 radical (unpaired) electrons. The first-order chi connectivity index (χ1) is 8.78. The van der Waals surface area contributed by atoms with E-state index in [9.17, 15) is 9.59 Å². The molecular formula is C13H23N3O3. The van der Waals surface area contributed by atoms with Crippen LogP contribution in [0.5, 0.6) is 0 Å². The van der Waals surface area contributed by atoms with E-state index in [1.807, 2.05) is 20.8 Å². The lowest BCUT2D eigenvalue weighted by molar-refractivity contribution is -0.126. The first-order valence-corrected chi connectivity index (χ1v) is 6.81. The molecule has 0 aromatic carbocycles. The van der Waals surface area contributed by atoms with E-state index in [1.54, 1.807) is 0 Å². The molecule has 0 aromatic rings.